The van der Waals surface area contributed by atoms with Crippen LogP contribution in [0.25, 0.3) is 0 Å². The fourth-order valence-electron chi connectivity index (χ4n) is 1.45. The molecule has 3 N–H and O–H groups in total. The van der Waals surface area contributed by atoms with Crippen molar-refractivity contribution in [2.24, 2.45) is 0 Å². The molecular formula is C13H11N3O2. The number of rotatable bonds is 3. The smallest absolute Gasteiger partial charge is 0.242 e. The summed E-state index contributed by atoms with van der Waals surface area (Å²) in [7, 11) is 0. The first-order valence-corrected chi connectivity index (χ1v) is 5.27. The van der Waals surface area contributed by atoms with E-state index in [-0.39, 0.29) is 18.2 Å². The van der Waals surface area contributed by atoms with E-state index in [9.17, 15) is 5.11 Å². The molecule has 90 valence electrons. The van der Waals surface area contributed by atoms with Crippen LogP contribution in [0.4, 0.5) is 5.69 Å². The van der Waals surface area contributed by atoms with Crippen LogP contribution in [0.3, 0.4) is 0 Å². The molecule has 0 saturated heterocycles. The van der Waals surface area contributed by atoms with Crippen molar-refractivity contribution < 1.29 is 9.84 Å². The summed E-state index contributed by atoms with van der Waals surface area (Å²) >= 11 is 0. The molecule has 5 nitrogen and oxygen atoms in total. The zero-order chi connectivity index (χ0) is 13.0. The number of aliphatic hydroxyl groups excluding tert-OH is 1. The molecule has 0 aliphatic rings. The van der Waals surface area contributed by atoms with Crippen LogP contribution in [-0.4, -0.2) is 10.1 Å². The van der Waals surface area contributed by atoms with Gasteiger partial charge in [0.25, 0.3) is 0 Å². The third-order valence-corrected chi connectivity index (χ3v) is 2.36. The van der Waals surface area contributed by atoms with Crippen molar-refractivity contribution in [1.82, 2.24) is 4.98 Å². The van der Waals surface area contributed by atoms with Crippen LogP contribution in [0.15, 0.2) is 36.5 Å². The third-order valence-electron chi connectivity index (χ3n) is 2.36. The number of pyridine rings is 1. The molecule has 0 atom stereocenters. The number of nitrogens with zero attached hydrogens (tertiary/aromatic N) is 2. The van der Waals surface area contributed by atoms with E-state index in [1.807, 2.05) is 6.07 Å². The van der Waals surface area contributed by atoms with Crippen molar-refractivity contribution in [3.05, 3.63) is 47.7 Å². The Hall–Kier alpha value is -2.58. The van der Waals surface area contributed by atoms with Crippen LogP contribution in [0.5, 0.6) is 11.6 Å². The van der Waals surface area contributed by atoms with Gasteiger partial charge in [-0.2, -0.15) is 5.26 Å². The van der Waals surface area contributed by atoms with Gasteiger partial charge in [0.05, 0.1) is 17.9 Å². The highest BCUT2D eigenvalue weighted by atomic mass is 16.5. The van der Waals surface area contributed by atoms with Gasteiger partial charge in [-0.3, -0.25) is 0 Å². The number of nitriles is 1. The Bertz CT molecular complexity index is 605. The first kappa shape index (κ1) is 11.9. The van der Waals surface area contributed by atoms with E-state index >= 15 is 0 Å². The SMILES string of the molecule is N#Cc1cnc(Oc2ccccc2CO)c(N)c1. The van der Waals surface area contributed by atoms with Crippen molar-refractivity contribution in [2.45, 2.75) is 6.61 Å². The van der Waals surface area contributed by atoms with Gasteiger partial charge < -0.3 is 15.6 Å². The van der Waals surface area contributed by atoms with Gasteiger partial charge in [-0.15, -0.1) is 0 Å². The number of para-hydroxylation sites is 1. The minimum Gasteiger partial charge on any atom is -0.437 e. The summed E-state index contributed by atoms with van der Waals surface area (Å²) in [5.74, 6) is 0.707. The van der Waals surface area contributed by atoms with Crippen molar-refractivity contribution in [1.29, 1.82) is 5.26 Å². The second kappa shape index (κ2) is 5.17. The molecule has 2 rings (SSSR count). The van der Waals surface area contributed by atoms with Gasteiger partial charge in [-0.05, 0) is 12.1 Å². The molecule has 18 heavy (non-hydrogen) atoms. The van der Waals surface area contributed by atoms with E-state index in [0.717, 1.165) is 0 Å². The lowest BCUT2D eigenvalue weighted by Crippen LogP contribution is -1.98. The van der Waals surface area contributed by atoms with Crippen LogP contribution in [-0.2, 0) is 6.61 Å². The molecule has 0 bridgehead atoms. The molecule has 1 aromatic carbocycles. The second-order valence-electron chi connectivity index (χ2n) is 3.60. The van der Waals surface area contributed by atoms with E-state index in [2.05, 4.69) is 4.98 Å². The fraction of sp³-hybridized carbons (Fsp3) is 0.0769. The fourth-order valence-corrected chi connectivity index (χ4v) is 1.45. The second-order valence-corrected chi connectivity index (χ2v) is 3.60. The summed E-state index contributed by atoms with van der Waals surface area (Å²) in [4.78, 5) is 3.97. The lowest BCUT2D eigenvalue weighted by Gasteiger charge is -2.10. The van der Waals surface area contributed by atoms with Crippen molar-refractivity contribution in [3.8, 4) is 17.7 Å². The summed E-state index contributed by atoms with van der Waals surface area (Å²) in [5.41, 5.74) is 7.03. The maximum atomic E-state index is 9.17. The summed E-state index contributed by atoms with van der Waals surface area (Å²) in [6.45, 7) is -0.133. The van der Waals surface area contributed by atoms with Crippen molar-refractivity contribution in [3.63, 3.8) is 0 Å². The number of nitrogens with two attached hydrogens (primary N) is 1. The van der Waals surface area contributed by atoms with Crippen molar-refractivity contribution >= 4 is 5.69 Å². The molecule has 0 spiro atoms. The van der Waals surface area contributed by atoms with Gasteiger partial charge in [0.15, 0.2) is 0 Å². The largest absolute Gasteiger partial charge is 0.437 e. The lowest BCUT2D eigenvalue weighted by atomic mass is 10.2. The van der Waals surface area contributed by atoms with E-state index in [4.69, 9.17) is 15.7 Å². The number of nitrogen functional groups attached to an aromatic ring is 1. The summed E-state index contributed by atoms with van der Waals surface area (Å²) in [6, 6.07) is 10.5. The zero-order valence-electron chi connectivity index (χ0n) is 9.50. The molecule has 0 amide bonds. The highest BCUT2D eigenvalue weighted by Crippen LogP contribution is 2.28. The van der Waals surface area contributed by atoms with Gasteiger partial charge >= 0.3 is 0 Å². The first-order valence-electron chi connectivity index (χ1n) is 5.27. The Morgan fingerprint density at radius 3 is 2.83 bits per heavy atom. The number of anilines is 1. The lowest BCUT2D eigenvalue weighted by molar-refractivity contribution is 0.276. The number of ether oxygens (including phenoxy) is 1. The molecule has 2 aromatic rings. The molecule has 0 fully saturated rings. The number of hydrogen-bond acceptors (Lipinski definition) is 5. The minimum absolute atomic E-state index is 0.133. The normalized spacial score (nSPS) is 9.78. The standard InChI is InChI=1S/C13H11N3O2/c14-6-9-5-11(15)13(16-7-9)18-12-4-2-1-3-10(12)8-17/h1-5,7,17H,8,15H2. The quantitative estimate of drug-likeness (QED) is 0.855. The van der Waals surface area contributed by atoms with Crippen LogP contribution in [0, 0.1) is 11.3 Å². The Morgan fingerprint density at radius 2 is 2.17 bits per heavy atom. The highest BCUT2D eigenvalue weighted by molar-refractivity contribution is 5.53. The molecule has 1 aromatic heterocycles. The Morgan fingerprint density at radius 1 is 1.39 bits per heavy atom. The summed E-state index contributed by atoms with van der Waals surface area (Å²) in [6.07, 6.45) is 1.38. The van der Waals surface area contributed by atoms with Gasteiger partial charge in [0.1, 0.15) is 11.8 Å². The summed E-state index contributed by atoms with van der Waals surface area (Å²) < 4.78 is 5.53. The molecule has 0 unspecified atom stereocenters. The first-order chi connectivity index (χ1) is 8.74. The van der Waals surface area contributed by atoms with E-state index in [0.29, 0.717) is 16.9 Å². The van der Waals surface area contributed by atoms with Gasteiger partial charge in [0.2, 0.25) is 5.88 Å². The molecular weight excluding hydrogens is 230 g/mol. The van der Waals surface area contributed by atoms with Crippen LogP contribution < -0.4 is 10.5 Å². The predicted molar refractivity (Wildman–Crippen MR) is 65.8 cm³/mol. The Kier molecular flexibility index (Phi) is 3.41. The molecule has 5 heteroatoms. The van der Waals surface area contributed by atoms with Crippen LogP contribution in [0.1, 0.15) is 11.1 Å². The number of hydrogen-bond donors (Lipinski definition) is 2. The maximum Gasteiger partial charge on any atom is 0.242 e. The topological polar surface area (TPSA) is 92.2 Å². The van der Waals surface area contributed by atoms with Crippen LogP contribution in [0.2, 0.25) is 0 Å². The van der Waals surface area contributed by atoms with Crippen LogP contribution >= 0.6 is 0 Å². The van der Waals surface area contributed by atoms with E-state index in [1.54, 1.807) is 24.3 Å². The zero-order valence-corrected chi connectivity index (χ0v) is 9.50. The average molecular weight is 241 g/mol. The van der Waals surface area contributed by atoms with E-state index < -0.39 is 0 Å². The maximum absolute atomic E-state index is 9.17. The monoisotopic (exact) mass is 241 g/mol. The van der Waals surface area contributed by atoms with Crippen molar-refractivity contribution in [2.75, 3.05) is 5.73 Å². The molecule has 1 heterocycles. The molecule has 0 aliphatic carbocycles. The van der Waals surface area contributed by atoms with Gasteiger partial charge in [-0.25, -0.2) is 4.98 Å². The number of aromatic nitrogens is 1. The Labute approximate surface area is 104 Å². The van der Waals surface area contributed by atoms with E-state index in [1.165, 1.54) is 12.3 Å². The predicted octanol–water partition coefficient (Wildman–Crippen LogP) is 1.82. The average Bonchev–Trinajstić information content (AvgIpc) is 2.41. The Balaban J connectivity index is 2.32. The number of benzene rings is 1. The molecule has 0 radical (unpaired) electrons. The van der Waals surface area contributed by atoms with Gasteiger partial charge in [-0.1, -0.05) is 18.2 Å². The minimum atomic E-state index is -0.133. The molecule has 0 aliphatic heterocycles. The third kappa shape index (κ3) is 2.39. The molecule has 0 saturated carbocycles. The summed E-state index contributed by atoms with van der Waals surface area (Å²) in [5, 5.41) is 17.9. The highest BCUT2D eigenvalue weighted by Gasteiger charge is 2.08. The number of aliphatic hydroxyl groups is 1. The van der Waals surface area contributed by atoms with Gasteiger partial charge in [0, 0.05) is 11.8 Å².